The first kappa shape index (κ1) is 15.7. The molecule has 0 radical (unpaired) electrons. The number of nitrogens with zero attached hydrogens (tertiary/aromatic N) is 2. The molecule has 2 aromatic rings. The SMILES string of the molecule is N#Cc1ccc(/C=N\NC(=O)CNc2ccc(Br)cc2)cc1. The van der Waals surface area contributed by atoms with E-state index in [-0.39, 0.29) is 12.5 Å². The summed E-state index contributed by atoms with van der Waals surface area (Å²) in [5.74, 6) is -0.243. The monoisotopic (exact) mass is 356 g/mol. The molecule has 0 spiro atoms. The molecule has 0 bridgehead atoms. The number of hydrogen-bond donors (Lipinski definition) is 2. The third kappa shape index (κ3) is 5.04. The molecule has 0 aliphatic carbocycles. The molecule has 0 atom stereocenters. The van der Waals surface area contributed by atoms with Gasteiger partial charge in [-0.2, -0.15) is 10.4 Å². The Morgan fingerprint density at radius 3 is 2.50 bits per heavy atom. The number of rotatable bonds is 5. The molecule has 2 aromatic carbocycles. The van der Waals surface area contributed by atoms with Crippen LogP contribution in [0.3, 0.4) is 0 Å². The van der Waals surface area contributed by atoms with Gasteiger partial charge in [-0.1, -0.05) is 28.1 Å². The minimum absolute atomic E-state index is 0.131. The van der Waals surface area contributed by atoms with Gasteiger partial charge in [0.05, 0.1) is 24.4 Å². The molecular weight excluding hydrogens is 344 g/mol. The van der Waals surface area contributed by atoms with Crippen molar-refractivity contribution in [2.75, 3.05) is 11.9 Å². The van der Waals surface area contributed by atoms with Gasteiger partial charge in [0, 0.05) is 10.2 Å². The van der Waals surface area contributed by atoms with Gasteiger partial charge in [-0.05, 0) is 42.0 Å². The van der Waals surface area contributed by atoms with Crippen LogP contribution in [0.25, 0.3) is 0 Å². The van der Waals surface area contributed by atoms with E-state index in [1.807, 2.05) is 30.3 Å². The van der Waals surface area contributed by atoms with Crippen LogP contribution in [0.4, 0.5) is 5.69 Å². The molecule has 0 aromatic heterocycles. The quantitative estimate of drug-likeness (QED) is 0.638. The van der Waals surface area contributed by atoms with Crippen molar-refractivity contribution in [2.45, 2.75) is 0 Å². The Hall–Kier alpha value is -2.65. The molecule has 0 saturated heterocycles. The van der Waals surface area contributed by atoms with Crippen molar-refractivity contribution in [2.24, 2.45) is 5.10 Å². The third-order valence-electron chi connectivity index (χ3n) is 2.74. The lowest BCUT2D eigenvalue weighted by molar-refractivity contribution is -0.119. The summed E-state index contributed by atoms with van der Waals surface area (Å²) < 4.78 is 0.981. The molecule has 22 heavy (non-hydrogen) atoms. The Balaban J connectivity index is 1.78. The van der Waals surface area contributed by atoms with Gasteiger partial charge in [-0.25, -0.2) is 5.43 Å². The molecule has 0 heterocycles. The van der Waals surface area contributed by atoms with E-state index < -0.39 is 0 Å². The van der Waals surface area contributed by atoms with Crippen molar-refractivity contribution in [1.82, 2.24) is 5.43 Å². The van der Waals surface area contributed by atoms with E-state index in [0.29, 0.717) is 5.56 Å². The number of amides is 1. The van der Waals surface area contributed by atoms with Crippen LogP contribution in [-0.4, -0.2) is 18.7 Å². The maximum absolute atomic E-state index is 11.6. The van der Waals surface area contributed by atoms with Crippen LogP contribution in [0.5, 0.6) is 0 Å². The number of hydrogen-bond acceptors (Lipinski definition) is 4. The van der Waals surface area contributed by atoms with Crippen molar-refractivity contribution < 1.29 is 4.79 Å². The van der Waals surface area contributed by atoms with Crippen LogP contribution < -0.4 is 10.7 Å². The summed E-state index contributed by atoms with van der Waals surface area (Å²) in [6.07, 6.45) is 1.53. The van der Waals surface area contributed by atoms with Crippen LogP contribution in [0.15, 0.2) is 58.1 Å². The summed E-state index contributed by atoms with van der Waals surface area (Å²) in [6, 6.07) is 16.5. The molecule has 110 valence electrons. The number of benzene rings is 2. The summed E-state index contributed by atoms with van der Waals surface area (Å²) in [6.45, 7) is 0.131. The predicted molar refractivity (Wildman–Crippen MR) is 89.5 cm³/mol. The summed E-state index contributed by atoms with van der Waals surface area (Å²) >= 11 is 3.35. The van der Waals surface area contributed by atoms with Gasteiger partial charge >= 0.3 is 0 Å². The smallest absolute Gasteiger partial charge is 0.259 e. The zero-order valence-corrected chi connectivity index (χ0v) is 13.2. The Morgan fingerprint density at radius 1 is 1.18 bits per heavy atom. The highest BCUT2D eigenvalue weighted by molar-refractivity contribution is 9.10. The average molecular weight is 357 g/mol. The lowest BCUT2D eigenvalue weighted by Crippen LogP contribution is -2.25. The van der Waals surface area contributed by atoms with Gasteiger partial charge in [0.2, 0.25) is 0 Å². The number of nitrogens with one attached hydrogen (secondary N) is 2. The van der Waals surface area contributed by atoms with E-state index in [1.54, 1.807) is 24.3 Å². The molecule has 1 amide bonds. The zero-order chi connectivity index (χ0) is 15.8. The second-order valence-electron chi connectivity index (χ2n) is 4.39. The van der Waals surface area contributed by atoms with E-state index >= 15 is 0 Å². The molecule has 0 fully saturated rings. The van der Waals surface area contributed by atoms with Crippen molar-refractivity contribution >= 4 is 33.7 Å². The topological polar surface area (TPSA) is 77.3 Å². The second-order valence-corrected chi connectivity index (χ2v) is 5.30. The first-order valence-electron chi connectivity index (χ1n) is 6.49. The standard InChI is InChI=1S/C16H13BrN4O/c17-14-5-7-15(8-6-14)19-11-16(22)21-20-10-13-3-1-12(9-18)2-4-13/h1-8,10,19H,11H2,(H,21,22)/b20-10-. The maximum Gasteiger partial charge on any atom is 0.259 e. The largest absolute Gasteiger partial charge is 0.376 e. The van der Waals surface area contributed by atoms with Crippen LogP contribution in [0.1, 0.15) is 11.1 Å². The number of hydrazone groups is 1. The Morgan fingerprint density at radius 2 is 1.86 bits per heavy atom. The van der Waals surface area contributed by atoms with Crippen molar-refractivity contribution in [3.05, 3.63) is 64.1 Å². The number of anilines is 1. The summed E-state index contributed by atoms with van der Waals surface area (Å²) in [5, 5.41) is 15.6. The Bertz CT molecular complexity index is 702. The lowest BCUT2D eigenvalue weighted by atomic mass is 10.2. The number of nitriles is 1. The minimum atomic E-state index is -0.243. The normalized spacial score (nSPS) is 10.2. The number of halogens is 1. The van der Waals surface area contributed by atoms with Gasteiger partial charge in [-0.15, -0.1) is 0 Å². The lowest BCUT2D eigenvalue weighted by Gasteiger charge is -2.05. The van der Waals surface area contributed by atoms with Crippen molar-refractivity contribution in [1.29, 1.82) is 5.26 Å². The molecule has 2 rings (SSSR count). The van der Waals surface area contributed by atoms with Gasteiger partial charge in [-0.3, -0.25) is 4.79 Å². The molecule has 0 aliphatic rings. The zero-order valence-electron chi connectivity index (χ0n) is 11.6. The summed E-state index contributed by atoms with van der Waals surface area (Å²) in [7, 11) is 0. The van der Waals surface area contributed by atoms with Crippen LogP contribution in [0.2, 0.25) is 0 Å². The summed E-state index contributed by atoms with van der Waals surface area (Å²) in [4.78, 5) is 11.6. The maximum atomic E-state index is 11.6. The van der Waals surface area contributed by atoms with Gasteiger partial charge in [0.1, 0.15) is 0 Å². The first-order valence-corrected chi connectivity index (χ1v) is 7.28. The fourth-order valence-corrected chi connectivity index (χ4v) is 1.88. The minimum Gasteiger partial charge on any atom is -0.376 e. The number of carbonyl (C=O) groups is 1. The molecule has 6 heteroatoms. The average Bonchev–Trinajstić information content (AvgIpc) is 2.55. The van der Waals surface area contributed by atoms with Crippen molar-refractivity contribution in [3.63, 3.8) is 0 Å². The Labute approximate surface area is 136 Å². The van der Waals surface area contributed by atoms with Gasteiger partial charge in [0.15, 0.2) is 0 Å². The van der Waals surface area contributed by atoms with E-state index in [1.165, 1.54) is 6.21 Å². The Kier molecular flexibility index (Phi) is 5.69. The fourth-order valence-electron chi connectivity index (χ4n) is 1.61. The van der Waals surface area contributed by atoms with Gasteiger partial charge in [0.25, 0.3) is 5.91 Å². The fraction of sp³-hybridized carbons (Fsp3) is 0.0625. The molecule has 0 aliphatic heterocycles. The van der Waals surface area contributed by atoms with Crippen LogP contribution >= 0.6 is 15.9 Å². The third-order valence-corrected chi connectivity index (χ3v) is 3.27. The molecule has 0 unspecified atom stereocenters. The van der Waals surface area contributed by atoms with E-state index in [9.17, 15) is 4.79 Å². The van der Waals surface area contributed by atoms with Crippen LogP contribution in [-0.2, 0) is 4.79 Å². The molecule has 5 nitrogen and oxygen atoms in total. The summed E-state index contributed by atoms with van der Waals surface area (Å²) in [5.41, 5.74) is 4.68. The predicted octanol–water partition coefficient (Wildman–Crippen LogP) is 2.88. The molecular formula is C16H13BrN4O. The first-order chi connectivity index (χ1) is 10.7. The highest BCUT2D eigenvalue weighted by atomic mass is 79.9. The number of carbonyl (C=O) groups excluding carboxylic acids is 1. The van der Waals surface area contributed by atoms with Gasteiger partial charge < -0.3 is 5.32 Å². The van der Waals surface area contributed by atoms with Crippen molar-refractivity contribution in [3.8, 4) is 6.07 Å². The van der Waals surface area contributed by atoms with Crippen LogP contribution in [0, 0.1) is 11.3 Å². The molecule has 2 N–H and O–H groups in total. The van der Waals surface area contributed by atoms with E-state index in [2.05, 4.69) is 31.8 Å². The van der Waals surface area contributed by atoms with E-state index in [4.69, 9.17) is 5.26 Å². The second kappa shape index (κ2) is 7.96. The van der Waals surface area contributed by atoms with E-state index in [0.717, 1.165) is 15.7 Å². The molecule has 0 saturated carbocycles. The highest BCUT2D eigenvalue weighted by Gasteiger charge is 1.99. The highest BCUT2D eigenvalue weighted by Crippen LogP contribution is 2.13.